The Morgan fingerprint density at radius 2 is 2.11 bits per heavy atom. The van der Waals surface area contributed by atoms with Crippen LogP contribution in [0.2, 0.25) is 0 Å². The zero-order valence-corrected chi connectivity index (χ0v) is 11.6. The maximum Gasteiger partial charge on any atom is 0.303 e. The third-order valence-electron chi connectivity index (χ3n) is 2.53. The third kappa shape index (κ3) is 6.25. The van der Waals surface area contributed by atoms with E-state index in [9.17, 15) is 18.0 Å². The number of sulfone groups is 1. The zero-order chi connectivity index (χ0) is 13.6. The quantitative estimate of drug-likeness (QED) is 0.636. The van der Waals surface area contributed by atoms with Crippen molar-refractivity contribution in [3.63, 3.8) is 0 Å². The van der Waals surface area contributed by atoms with Crippen molar-refractivity contribution < 1.29 is 23.1 Å². The van der Waals surface area contributed by atoms with Gasteiger partial charge in [-0.15, -0.1) is 11.8 Å². The van der Waals surface area contributed by atoms with Crippen LogP contribution >= 0.6 is 11.8 Å². The lowest BCUT2D eigenvalue weighted by Gasteiger charge is -2.07. The number of nitrogens with one attached hydrogen (secondary N) is 1. The van der Waals surface area contributed by atoms with Crippen LogP contribution in [0.1, 0.15) is 19.3 Å². The average molecular weight is 295 g/mol. The summed E-state index contributed by atoms with van der Waals surface area (Å²) in [5, 5.41) is 11.0. The number of hydrogen-bond acceptors (Lipinski definition) is 5. The first-order valence-electron chi connectivity index (χ1n) is 5.69. The molecule has 1 atom stereocenters. The second-order valence-corrected chi connectivity index (χ2v) is 7.70. The number of carbonyl (C=O) groups is 2. The number of amides is 1. The minimum atomic E-state index is -2.89. The van der Waals surface area contributed by atoms with Crippen LogP contribution in [0.15, 0.2) is 0 Å². The fourth-order valence-electron chi connectivity index (χ4n) is 1.60. The van der Waals surface area contributed by atoms with Gasteiger partial charge in [-0.1, -0.05) is 0 Å². The van der Waals surface area contributed by atoms with Crippen LogP contribution < -0.4 is 5.32 Å². The van der Waals surface area contributed by atoms with Gasteiger partial charge in [0.15, 0.2) is 9.84 Å². The molecule has 18 heavy (non-hydrogen) atoms. The molecular weight excluding hydrogens is 278 g/mol. The summed E-state index contributed by atoms with van der Waals surface area (Å²) >= 11 is 1.35. The van der Waals surface area contributed by atoms with Crippen LogP contribution in [0.25, 0.3) is 0 Å². The maximum absolute atomic E-state index is 11.4. The van der Waals surface area contributed by atoms with E-state index in [4.69, 9.17) is 5.11 Å². The van der Waals surface area contributed by atoms with E-state index in [-0.39, 0.29) is 34.8 Å². The summed E-state index contributed by atoms with van der Waals surface area (Å²) in [7, 11) is -2.89. The summed E-state index contributed by atoms with van der Waals surface area (Å²) in [4.78, 5) is 21.6. The van der Waals surface area contributed by atoms with Crippen molar-refractivity contribution in [1.29, 1.82) is 0 Å². The summed E-state index contributed by atoms with van der Waals surface area (Å²) < 4.78 is 22.4. The van der Waals surface area contributed by atoms with Crippen molar-refractivity contribution in [3.05, 3.63) is 0 Å². The van der Waals surface area contributed by atoms with E-state index in [1.807, 2.05) is 0 Å². The Hall–Kier alpha value is -0.760. The Balaban J connectivity index is 2.09. The highest BCUT2D eigenvalue weighted by molar-refractivity contribution is 8.02. The van der Waals surface area contributed by atoms with Crippen LogP contribution in [0.3, 0.4) is 0 Å². The Kier molecular flexibility index (Phi) is 5.94. The largest absolute Gasteiger partial charge is 0.481 e. The minimum absolute atomic E-state index is 0.0137. The molecule has 1 fully saturated rings. The normalized spacial score (nSPS) is 21.7. The Morgan fingerprint density at radius 3 is 2.67 bits per heavy atom. The van der Waals surface area contributed by atoms with Crippen molar-refractivity contribution in [2.45, 2.75) is 24.5 Å². The van der Waals surface area contributed by atoms with Gasteiger partial charge in [0.2, 0.25) is 5.91 Å². The summed E-state index contributed by atoms with van der Waals surface area (Å²) in [5.74, 6) is -0.452. The molecule has 0 aromatic rings. The second-order valence-electron chi connectivity index (χ2n) is 4.18. The number of aliphatic carboxylic acids is 1. The smallest absolute Gasteiger partial charge is 0.303 e. The molecular formula is C10H17NO5S2. The number of rotatable bonds is 7. The molecule has 8 heteroatoms. The molecule has 1 aliphatic rings. The molecule has 0 aromatic carbocycles. The third-order valence-corrected chi connectivity index (χ3v) is 5.81. The lowest BCUT2D eigenvalue weighted by molar-refractivity contribution is -0.137. The number of hydrogen-bond donors (Lipinski definition) is 2. The van der Waals surface area contributed by atoms with Crippen molar-refractivity contribution in [2.75, 3.05) is 23.8 Å². The predicted molar refractivity (Wildman–Crippen MR) is 69.4 cm³/mol. The monoisotopic (exact) mass is 295 g/mol. The van der Waals surface area contributed by atoms with Crippen molar-refractivity contribution in [3.8, 4) is 0 Å². The van der Waals surface area contributed by atoms with E-state index >= 15 is 0 Å². The van der Waals surface area contributed by atoms with E-state index in [2.05, 4.69) is 5.32 Å². The lowest BCUT2D eigenvalue weighted by Crippen LogP contribution is -2.27. The number of thioether (sulfide) groups is 1. The van der Waals surface area contributed by atoms with Gasteiger partial charge < -0.3 is 10.4 Å². The van der Waals surface area contributed by atoms with Gasteiger partial charge in [-0.2, -0.15) is 0 Å². The second kappa shape index (κ2) is 6.98. The van der Waals surface area contributed by atoms with Gasteiger partial charge >= 0.3 is 5.97 Å². The van der Waals surface area contributed by atoms with Crippen molar-refractivity contribution >= 4 is 33.5 Å². The molecule has 0 bridgehead atoms. The number of carbonyl (C=O) groups excluding carboxylic acids is 1. The fraction of sp³-hybridized carbons (Fsp3) is 0.800. The highest BCUT2D eigenvalue weighted by atomic mass is 32.2. The van der Waals surface area contributed by atoms with Crippen LogP contribution in [0, 0.1) is 0 Å². The van der Waals surface area contributed by atoms with Gasteiger partial charge in [0.25, 0.3) is 0 Å². The average Bonchev–Trinajstić information content (AvgIpc) is 2.61. The van der Waals surface area contributed by atoms with Gasteiger partial charge in [-0.25, -0.2) is 8.42 Å². The molecule has 104 valence electrons. The molecule has 0 saturated carbocycles. The molecule has 1 unspecified atom stereocenters. The predicted octanol–water partition coefficient (Wildman–Crippen LogP) is -0.112. The Bertz CT molecular complexity index is 406. The van der Waals surface area contributed by atoms with Crippen LogP contribution in [0.4, 0.5) is 0 Å². The SMILES string of the molecule is O=C(O)CCCNC(=O)CSC1CCS(=O)(=O)C1. The highest BCUT2D eigenvalue weighted by Gasteiger charge is 2.28. The van der Waals surface area contributed by atoms with Gasteiger partial charge in [-0.3, -0.25) is 9.59 Å². The maximum atomic E-state index is 11.4. The van der Waals surface area contributed by atoms with Crippen molar-refractivity contribution in [2.24, 2.45) is 0 Å². The molecule has 1 amide bonds. The molecule has 0 radical (unpaired) electrons. The minimum Gasteiger partial charge on any atom is -0.481 e. The van der Waals surface area contributed by atoms with Gasteiger partial charge in [0.1, 0.15) is 0 Å². The van der Waals surface area contributed by atoms with E-state index in [0.29, 0.717) is 19.4 Å². The topological polar surface area (TPSA) is 101 Å². The summed E-state index contributed by atoms with van der Waals surface area (Å²) in [6.45, 7) is 0.342. The first-order valence-corrected chi connectivity index (χ1v) is 8.56. The first-order chi connectivity index (χ1) is 8.39. The molecule has 0 spiro atoms. The Morgan fingerprint density at radius 1 is 1.39 bits per heavy atom. The summed E-state index contributed by atoms with van der Waals surface area (Å²) in [5.41, 5.74) is 0. The molecule has 6 nitrogen and oxygen atoms in total. The van der Waals surface area contributed by atoms with Crippen LogP contribution in [-0.2, 0) is 19.4 Å². The highest BCUT2D eigenvalue weighted by Crippen LogP contribution is 2.23. The molecule has 2 N–H and O–H groups in total. The first kappa shape index (κ1) is 15.3. The van der Waals surface area contributed by atoms with Gasteiger partial charge in [-0.05, 0) is 12.8 Å². The van der Waals surface area contributed by atoms with Crippen LogP contribution in [0.5, 0.6) is 0 Å². The van der Waals surface area contributed by atoms with Crippen molar-refractivity contribution in [1.82, 2.24) is 5.32 Å². The standard InChI is InChI=1S/C10H17NO5S2/c12-9(11-4-1-2-10(13)14)6-17-8-3-5-18(15,16)7-8/h8H,1-7H2,(H,11,12)(H,13,14). The van der Waals surface area contributed by atoms with E-state index in [1.165, 1.54) is 11.8 Å². The Labute approximate surface area is 110 Å². The summed E-state index contributed by atoms with van der Waals surface area (Å²) in [6, 6.07) is 0. The van der Waals surface area contributed by atoms with E-state index < -0.39 is 15.8 Å². The number of carboxylic acid groups (broad SMARTS) is 1. The molecule has 1 rings (SSSR count). The number of carboxylic acids is 1. The van der Waals surface area contributed by atoms with E-state index in [1.54, 1.807) is 0 Å². The lowest BCUT2D eigenvalue weighted by atomic mass is 10.3. The molecule has 0 aromatic heterocycles. The molecule has 1 aliphatic heterocycles. The zero-order valence-electron chi connectivity index (χ0n) is 9.92. The fourth-order valence-corrected chi connectivity index (χ4v) is 5.08. The van der Waals surface area contributed by atoms with Crippen LogP contribution in [-0.4, -0.2) is 54.5 Å². The van der Waals surface area contributed by atoms with Gasteiger partial charge in [0.05, 0.1) is 17.3 Å². The van der Waals surface area contributed by atoms with Gasteiger partial charge in [0, 0.05) is 18.2 Å². The molecule has 0 aliphatic carbocycles. The van der Waals surface area contributed by atoms with E-state index in [0.717, 1.165) is 0 Å². The summed E-state index contributed by atoms with van der Waals surface area (Å²) in [6.07, 6.45) is 1.05. The molecule has 1 saturated heterocycles. The molecule has 1 heterocycles.